The molecule has 6 aliphatic carbocycles. The molecule has 0 radical (unpaired) electrons. The lowest BCUT2D eigenvalue weighted by Crippen LogP contribution is -2.76. The number of allylic oxidation sites excluding steroid dienone is 1. The molecule has 0 heterocycles. The molecule has 7 rings (SSSR count). The van der Waals surface area contributed by atoms with Gasteiger partial charge in [0.05, 0.1) is 11.5 Å². The lowest BCUT2D eigenvalue weighted by atomic mass is 9.30. The lowest BCUT2D eigenvalue weighted by Gasteiger charge is -2.75. The van der Waals surface area contributed by atoms with Gasteiger partial charge in [-0.2, -0.15) is 0 Å². The molecule has 8 nitrogen and oxygen atoms in total. The third-order valence-corrected chi connectivity index (χ3v) is 19.1. The number of carbonyl (C=O) groups excluding carboxylic acids is 2. The number of aliphatic carboxylic acids is 1. The number of nitrogens with zero attached hydrogens (tertiary/aromatic N) is 1. The summed E-state index contributed by atoms with van der Waals surface area (Å²) in [5, 5.41) is 26.1. The molecule has 0 amide bonds. The Hall–Kier alpha value is -2.39. The number of hydrogen-bond acceptors (Lipinski definition) is 7. The van der Waals surface area contributed by atoms with Gasteiger partial charge in [-0.1, -0.05) is 84.4 Å². The van der Waals surface area contributed by atoms with Crippen molar-refractivity contribution in [2.75, 3.05) is 27.2 Å². The van der Waals surface area contributed by atoms with Crippen molar-refractivity contribution in [3.05, 3.63) is 47.0 Å². The summed E-state index contributed by atoms with van der Waals surface area (Å²) in [5.41, 5.74) is 8.62. The minimum absolute atomic E-state index is 0.0153. The molecule has 1 aromatic rings. The number of nitrogens with two attached hydrogens (primary N) is 1. The van der Waals surface area contributed by atoms with Gasteiger partial charge in [-0.3, -0.25) is 14.4 Å². The van der Waals surface area contributed by atoms with Gasteiger partial charge in [0.1, 0.15) is 5.78 Å². The molecule has 8 heteroatoms. The molecular formula is C49H75N3O5. The van der Waals surface area contributed by atoms with E-state index in [-0.39, 0.29) is 68.9 Å². The van der Waals surface area contributed by atoms with E-state index >= 15 is 0 Å². The van der Waals surface area contributed by atoms with Crippen LogP contribution in [0.3, 0.4) is 0 Å². The first-order valence-corrected chi connectivity index (χ1v) is 22.3. The average molecular weight is 786 g/mol. The molecule has 316 valence electrons. The number of aliphatic hydroxyl groups is 1. The van der Waals surface area contributed by atoms with Crippen LogP contribution in [0, 0.1) is 61.6 Å². The number of likely N-dealkylation sites (N-methyl/N-ethyl adjacent to an activating group) is 1. The van der Waals surface area contributed by atoms with E-state index in [1.165, 1.54) is 11.1 Å². The number of fused-ring (bicyclic) bond motifs is 7. The molecule has 1 aromatic carbocycles. The Kier molecular flexibility index (Phi) is 10.4. The van der Waals surface area contributed by atoms with Crippen LogP contribution >= 0.6 is 0 Å². The van der Waals surface area contributed by atoms with Gasteiger partial charge in [0.15, 0.2) is 5.78 Å². The second-order valence-electron chi connectivity index (χ2n) is 22.7. The van der Waals surface area contributed by atoms with Gasteiger partial charge in [0.25, 0.3) is 0 Å². The van der Waals surface area contributed by atoms with Crippen molar-refractivity contribution in [3.8, 4) is 0 Å². The Morgan fingerprint density at radius 3 is 2.18 bits per heavy atom. The van der Waals surface area contributed by atoms with Gasteiger partial charge >= 0.3 is 5.97 Å². The van der Waals surface area contributed by atoms with E-state index in [1.54, 1.807) is 13.8 Å². The zero-order chi connectivity index (χ0) is 41.9. The number of carboxylic acid groups (broad SMARTS) is 1. The van der Waals surface area contributed by atoms with E-state index < -0.39 is 28.4 Å². The summed E-state index contributed by atoms with van der Waals surface area (Å²) >= 11 is 0. The van der Waals surface area contributed by atoms with Crippen molar-refractivity contribution in [3.63, 3.8) is 0 Å². The monoisotopic (exact) mass is 786 g/mol. The van der Waals surface area contributed by atoms with Crippen LogP contribution in [0.1, 0.15) is 145 Å². The van der Waals surface area contributed by atoms with E-state index in [0.717, 1.165) is 69.9 Å². The minimum Gasteiger partial charge on any atom is -0.481 e. The summed E-state index contributed by atoms with van der Waals surface area (Å²) < 4.78 is 0. The third kappa shape index (κ3) is 5.90. The molecule has 5 saturated carbocycles. The SMILES string of the molecule is CC(C)C1=C2C3CC[C@@H]4[C@@]5(C)CCC6(CC6C(=O)CC(C)(C)C(=O)O)C(C)(C)[C@]5(N)CC[C@@]4(C)[C@]3(C)CC[C@@]2([C@@H](O)CN[C@H](CN(C)C)c2ccccc2)CC1=O. The Labute approximate surface area is 343 Å². The number of benzene rings is 1. The van der Waals surface area contributed by atoms with Crippen LogP contribution in [-0.2, 0) is 14.4 Å². The minimum atomic E-state index is -1.08. The smallest absolute Gasteiger partial charge is 0.309 e. The fourth-order valence-electron chi connectivity index (χ4n) is 15.2. The Bertz CT molecular complexity index is 1820. The maximum absolute atomic E-state index is 14.3. The first-order chi connectivity index (χ1) is 26.4. The highest BCUT2D eigenvalue weighted by molar-refractivity contribution is 6.00. The second-order valence-corrected chi connectivity index (χ2v) is 22.7. The molecule has 0 aliphatic heterocycles. The molecule has 1 spiro atoms. The van der Waals surface area contributed by atoms with Crippen LogP contribution in [0.2, 0.25) is 0 Å². The summed E-state index contributed by atoms with van der Waals surface area (Å²) in [5.74, 6) is -0.0210. The maximum atomic E-state index is 14.3. The van der Waals surface area contributed by atoms with E-state index in [2.05, 4.69) is 97.0 Å². The molecule has 11 atom stereocenters. The highest BCUT2D eigenvalue weighted by Gasteiger charge is 2.79. The molecule has 57 heavy (non-hydrogen) atoms. The first-order valence-electron chi connectivity index (χ1n) is 22.3. The topological polar surface area (TPSA) is 133 Å². The normalized spacial score (nSPS) is 40.7. The summed E-state index contributed by atoms with van der Waals surface area (Å²) in [6, 6.07) is 10.5. The van der Waals surface area contributed by atoms with Gasteiger partial charge < -0.3 is 26.2 Å². The van der Waals surface area contributed by atoms with Crippen LogP contribution in [0.4, 0.5) is 0 Å². The third-order valence-electron chi connectivity index (χ3n) is 19.1. The zero-order valence-electron chi connectivity index (χ0n) is 37.2. The highest BCUT2D eigenvalue weighted by atomic mass is 16.4. The molecule has 0 saturated heterocycles. The number of nitrogens with one attached hydrogen (secondary N) is 1. The van der Waals surface area contributed by atoms with E-state index in [0.29, 0.717) is 18.9 Å². The van der Waals surface area contributed by atoms with Gasteiger partial charge in [-0.05, 0) is 142 Å². The van der Waals surface area contributed by atoms with Crippen molar-refractivity contribution < 1.29 is 24.6 Å². The number of carboxylic acids is 1. The molecule has 3 unspecified atom stereocenters. The number of rotatable bonds is 12. The van der Waals surface area contributed by atoms with Crippen LogP contribution in [0.15, 0.2) is 41.5 Å². The summed E-state index contributed by atoms with van der Waals surface area (Å²) in [4.78, 5) is 42.2. The maximum Gasteiger partial charge on any atom is 0.309 e. The van der Waals surface area contributed by atoms with Crippen LogP contribution < -0.4 is 11.1 Å². The first kappa shape index (κ1) is 42.7. The largest absolute Gasteiger partial charge is 0.481 e. The van der Waals surface area contributed by atoms with Crippen LogP contribution in [-0.4, -0.2) is 71.5 Å². The van der Waals surface area contributed by atoms with Crippen LogP contribution in [0.25, 0.3) is 0 Å². The fourth-order valence-corrected chi connectivity index (χ4v) is 15.2. The summed E-state index contributed by atoms with van der Waals surface area (Å²) in [6.07, 6.45) is 8.21. The summed E-state index contributed by atoms with van der Waals surface area (Å²) in [6.45, 7) is 21.2. The Morgan fingerprint density at radius 1 is 0.930 bits per heavy atom. The van der Waals surface area contributed by atoms with Gasteiger partial charge in [0.2, 0.25) is 0 Å². The van der Waals surface area contributed by atoms with E-state index in [9.17, 15) is 24.6 Å². The number of aliphatic hydroxyl groups excluding tert-OH is 1. The van der Waals surface area contributed by atoms with Crippen LogP contribution in [0.5, 0.6) is 0 Å². The molecule has 0 aromatic heterocycles. The van der Waals surface area contributed by atoms with Gasteiger partial charge in [-0.25, -0.2) is 0 Å². The van der Waals surface area contributed by atoms with Crippen molar-refractivity contribution in [2.45, 2.75) is 151 Å². The Morgan fingerprint density at radius 2 is 1.56 bits per heavy atom. The zero-order valence-corrected chi connectivity index (χ0v) is 37.2. The number of Topliss-reactive ketones (excluding diaryl/α,β-unsaturated/α-hetero) is 2. The van der Waals surface area contributed by atoms with Crippen molar-refractivity contribution >= 4 is 17.5 Å². The fraction of sp³-hybridized carbons (Fsp3) is 0.776. The van der Waals surface area contributed by atoms with E-state index in [4.69, 9.17) is 5.73 Å². The molecular weight excluding hydrogens is 711 g/mol. The van der Waals surface area contributed by atoms with Crippen molar-refractivity contribution in [2.24, 2.45) is 67.3 Å². The number of carbonyl (C=O) groups is 3. The van der Waals surface area contributed by atoms with E-state index in [1.807, 2.05) is 6.07 Å². The predicted molar refractivity (Wildman–Crippen MR) is 226 cm³/mol. The number of hydrogen-bond donors (Lipinski definition) is 4. The molecule has 0 bridgehead atoms. The van der Waals surface area contributed by atoms with Crippen molar-refractivity contribution in [1.82, 2.24) is 10.2 Å². The quantitative estimate of drug-likeness (QED) is 0.166. The van der Waals surface area contributed by atoms with Gasteiger partial charge in [-0.15, -0.1) is 0 Å². The molecule has 5 fully saturated rings. The average Bonchev–Trinajstić information content (AvgIpc) is 3.80. The number of ketones is 2. The predicted octanol–water partition coefficient (Wildman–Crippen LogP) is 8.38. The summed E-state index contributed by atoms with van der Waals surface area (Å²) in [7, 11) is 4.16. The standard InChI is InChI=1S/C49H75N3O5/c1-30(2)39-36(54)27-47(38(55)28-51-34(29-52(10)11)31-15-13-12-14-16-31)22-19-44(7)32(40(39)47)17-18-37-45(44,8)21-24-49(50)43(5,6)48(23-20-46(37,49)9)25-33(48)35(53)26-42(3,4)41(56)57/h12-16,30,32-34,37-38,51,55H,17-29,50H2,1-11H3,(H,56,57)/t32?,33?,34-,37+,38+,44-,45-,46-,47+,48?,49-/m1/s1. The molecule has 6 aliphatic rings. The molecule has 5 N–H and O–H groups in total. The van der Waals surface area contributed by atoms with Gasteiger partial charge in [0, 0.05) is 48.8 Å². The second kappa shape index (κ2) is 13.8. The lowest BCUT2D eigenvalue weighted by molar-refractivity contribution is -0.237. The van der Waals surface area contributed by atoms with Crippen molar-refractivity contribution in [1.29, 1.82) is 0 Å². The highest BCUT2D eigenvalue weighted by Crippen LogP contribution is 2.82. The Balaban J connectivity index is 1.18.